The van der Waals surface area contributed by atoms with Crippen molar-refractivity contribution in [2.75, 3.05) is 17.2 Å². The van der Waals surface area contributed by atoms with Crippen LogP contribution in [0.1, 0.15) is 42.6 Å². The molecular weight excluding hydrogens is 444 g/mol. The average molecular weight is 471 g/mol. The molecule has 0 aliphatic rings. The highest BCUT2D eigenvalue weighted by molar-refractivity contribution is 7.09. The quantitative estimate of drug-likeness (QED) is 0.392. The number of hydrogen-bond acceptors (Lipinski definition) is 5. The van der Waals surface area contributed by atoms with Crippen molar-refractivity contribution in [3.05, 3.63) is 63.4 Å². The number of thiazole rings is 1. The van der Waals surface area contributed by atoms with E-state index in [0.29, 0.717) is 22.0 Å². The molecule has 0 radical (unpaired) electrons. The van der Waals surface area contributed by atoms with Crippen LogP contribution in [0.15, 0.2) is 47.8 Å². The molecule has 0 aliphatic carbocycles. The van der Waals surface area contributed by atoms with E-state index in [1.165, 1.54) is 0 Å². The van der Waals surface area contributed by atoms with Crippen molar-refractivity contribution < 1.29 is 9.59 Å². The van der Waals surface area contributed by atoms with Crippen molar-refractivity contribution in [1.29, 1.82) is 0 Å². The summed E-state index contributed by atoms with van der Waals surface area (Å²) in [5.41, 5.74) is 3.28. The number of carbonyl (C=O) groups excluding carboxylic acids is 2. The Balaban J connectivity index is 1.58. The van der Waals surface area contributed by atoms with E-state index in [0.717, 1.165) is 22.7 Å². The van der Waals surface area contributed by atoms with Gasteiger partial charge in [-0.05, 0) is 57.5 Å². The highest BCUT2D eigenvalue weighted by Crippen LogP contribution is 2.25. The molecule has 1 aromatic heterocycles. The molecule has 8 heteroatoms. The van der Waals surface area contributed by atoms with Gasteiger partial charge in [-0.25, -0.2) is 4.98 Å². The SMILES string of the molecule is CCC(C)(C)NC(=O)c1ccc(NCC(=O)Nc2cccc(-c3csc(C)n3)c2)cc1Cl. The van der Waals surface area contributed by atoms with E-state index in [4.69, 9.17) is 11.6 Å². The van der Waals surface area contributed by atoms with Gasteiger partial charge in [0.2, 0.25) is 5.91 Å². The van der Waals surface area contributed by atoms with Gasteiger partial charge in [0, 0.05) is 27.9 Å². The normalized spacial score (nSPS) is 11.2. The minimum Gasteiger partial charge on any atom is -0.376 e. The highest BCUT2D eigenvalue weighted by atomic mass is 35.5. The van der Waals surface area contributed by atoms with Crippen LogP contribution in [0.2, 0.25) is 5.02 Å². The first-order valence-corrected chi connectivity index (χ1v) is 11.6. The molecule has 168 valence electrons. The van der Waals surface area contributed by atoms with Crippen molar-refractivity contribution in [3.63, 3.8) is 0 Å². The Labute approximate surface area is 197 Å². The fraction of sp³-hybridized carbons (Fsp3) is 0.292. The van der Waals surface area contributed by atoms with Gasteiger partial charge in [-0.2, -0.15) is 0 Å². The summed E-state index contributed by atoms with van der Waals surface area (Å²) >= 11 is 7.90. The van der Waals surface area contributed by atoms with Crippen LogP contribution in [0.4, 0.5) is 11.4 Å². The van der Waals surface area contributed by atoms with E-state index in [9.17, 15) is 9.59 Å². The molecule has 6 nitrogen and oxygen atoms in total. The number of aryl methyl sites for hydroxylation is 1. The number of halogens is 1. The molecule has 2 amide bonds. The van der Waals surface area contributed by atoms with E-state index >= 15 is 0 Å². The highest BCUT2D eigenvalue weighted by Gasteiger charge is 2.20. The Hall–Kier alpha value is -2.90. The number of carbonyl (C=O) groups is 2. The molecule has 3 aromatic rings. The number of hydrogen-bond donors (Lipinski definition) is 3. The zero-order valence-corrected chi connectivity index (χ0v) is 20.2. The summed E-state index contributed by atoms with van der Waals surface area (Å²) in [6, 6.07) is 12.6. The Morgan fingerprint density at radius 3 is 2.56 bits per heavy atom. The first-order valence-electron chi connectivity index (χ1n) is 10.4. The fourth-order valence-electron chi connectivity index (χ4n) is 2.91. The molecule has 0 unspecified atom stereocenters. The van der Waals surface area contributed by atoms with Crippen LogP contribution < -0.4 is 16.0 Å². The average Bonchev–Trinajstić information content (AvgIpc) is 3.18. The summed E-state index contributed by atoms with van der Waals surface area (Å²) in [5, 5.41) is 12.2. The molecule has 0 saturated carbocycles. The topological polar surface area (TPSA) is 83.1 Å². The van der Waals surface area contributed by atoms with Gasteiger partial charge in [-0.15, -0.1) is 11.3 Å². The predicted octanol–water partition coefficient (Wildman–Crippen LogP) is 5.74. The molecule has 32 heavy (non-hydrogen) atoms. The number of benzene rings is 2. The van der Waals surface area contributed by atoms with Crippen LogP contribution in [0.5, 0.6) is 0 Å². The van der Waals surface area contributed by atoms with Crippen molar-refractivity contribution in [2.24, 2.45) is 0 Å². The maximum atomic E-state index is 12.5. The van der Waals surface area contributed by atoms with Gasteiger partial charge in [0.1, 0.15) is 0 Å². The molecule has 1 heterocycles. The number of amides is 2. The second-order valence-electron chi connectivity index (χ2n) is 8.12. The number of nitrogens with one attached hydrogen (secondary N) is 3. The zero-order valence-electron chi connectivity index (χ0n) is 18.6. The molecule has 0 saturated heterocycles. The summed E-state index contributed by atoms with van der Waals surface area (Å²) < 4.78 is 0. The van der Waals surface area contributed by atoms with Crippen molar-refractivity contribution >= 4 is 46.1 Å². The smallest absolute Gasteiger partial charge is 0.253 e. The molecule has 0 aliphatic heterocycles. The lowest BCUT2D eigenvalue weighted by Crippen LogP contribution is -2.42. The lowest BCUT2D eigenvalue weighted by molar-refractivity contribution is -0.114. The van der Waals surface area contributed by atoms with Crippen LogP contribution in [0, 0.1) is 6.92 Å². The predicted molar refractivity (Wildman–Crippen MR) is 133 cm³/mol. The summed E-state index contributed by atoms with van der Waals surface area (Å²) in [7, 11) is 0. The van der Waals surface area contributed by atoms with Crippen LogP contribution in [-0.4, -0.2) is 28.9 Å². The second kappa shape index (κ2) is 10.1. The number of rotatable bonds is 8. The van der Waals surface area contributed by atoms with E-state index in [2.05, 4.69) is 20.9 Å². The second-order valence-corrected chi connectivity index (χ2v) is 9.59. The summed E-state index contributed by atoms with van der Waals surface area (Å²) in [4.78, 5) is 29.4. The molecule has 0 bridgehead atoms. The van der Waals surface area contributed by atoms with Gasteiger partial charge in [-0.1, -0.05) is 30.7 Å². The van der Waals surface area contributed by atoms with E-state index in [-0.39, 0.29) is 23.9 Å². The first-order chi connectivity index (χ1) is 15.2. The number of aromatic nitrogens is 1. The van der Waals surface area contributed by atoms with Crippen LogP contribution in [-0.2, 0) is 4.79 Å². The fourth-order valence-corrected chi connectivity index (χ4v) is 3.80. The maximum absolute atomic E-state index is 12.5. The van der Waals surface area contributed by atoms with Crippen LogP contribution in [0.25, 0.3) is 11.3 Å². The first kappa shape index (κ1) is 23.8. The van der Waals surface area contributed by atoms with Gasteiger partial charge < -0.3 is 16.0 Å². The third-order valence-electron chi connectivity index (χ3n) is 5.06. The van der Waals surface area contributed by atoms with E-state index in [1.54, 1.807) is 29.5 Å². The summed E-state index contributed by atoms with van der Waals surface area (Å²) in [5.74, 6) is -0.416. The lowest BCUT2D eigenvalue weighted by Gasteiger charge is -2.24. The number of anilines is 2. The van der Waals surface area contributed by atoms with Gasteiger partial charge in [0.15, 0.2) is 0 Å². The van der Waals surface area contributed by atoms with Gasteiger partial charge in [0.25, 0.3) is 5.91 Å². The molecule has 3 N–H and O–H groups in total. The van der Waals surface area contributed by atoms with Gasteiger partial charge >= 0.3 is 0 Å². The number of nitrogens with zero attached hydrogens (tertiary/aromatic N) is 1. The largest absolute Gasteiger partial charge is 0.376 e. The molecular formula is C24H27ClN4O2S. The summed E-state index contributed by atoms with van der Waals surface area (Å²) in [6.45, 7) is 7.95. The lowest BCUT2D eigenvalue weighted by atomic mass is 10.0. The maximum Gasteiger partial charge on any atom is 0.253 e. The molecule has 3 rings (SSSR count). The van der Waals surface area contributed by atoms with E-state index in [1.807, 2.05) is 57.3 Å². The Kier molecular flexibility index (Phi) is 7.53. The zero-order chi connectivity index (χ0) is 23.3. The Bertz CT molecular complexity index is 1130. The van der Waals surface area contributed by atoms with Gasteiger partial charge in [-0.3, -0.25) is 9.59 Å². The van der Waals surface area contributed by atoms with Gasteiger partial charge in [0.05, 0.1) is 27.8 Å². The van der Waals surface area contributed by atoms with Crippen molar-refractivity contribution in [2.45, 2.75) is 39.7 Å². The Morgan fingerprint density at radius 1 is 1.12 bits per heavy atom. The van der Waals surface area contributed by atoms with E-state index < -0.39 is 0 Å². The van der Waals surface area contributed by atoms with Crippen molar-refractivity contribution in [3.8, 4) is 11.3 Å². The van der Waals surface area contributed by atoms with Crippen molar-refractivity contribution in [1.82, 2.24) is 10.3 Å². The minimum absolute atomic E-state index is 0.0603. The molecule has 2 aromatic carbocycles. The summed E-state index contributed by atoms with van der Waals surface area (Å²) in [6.07, 6.45) is 0.803. The van der Waals surface area contributed by atoms with Crippen LogP contribution >= 0.6 is 22.9 Å². The molecule has 0 spiro atoms. The third-order valence-corrected chi connectivity index (χ3v) is 6.15. The van der Waals surface area contributed by atoms with Crippen LogP contribution in [0.3, 0.4) is 0 Å². The third kappa shape index (κ3) is 6.31. The Morgan fingerprint density at radius 2 is 1.91 bits per heavy atom. The molecule has 0 atom stereocenters. The monoisotopic (exact) mass is 470 g/mol. The minimum atomic E-state index is -0.314. The molecule has 0 fully saturated rings. The standard InChI is InChI=1S/C24H27ClN4O2S/c1-5-24(3,4)29-23(31)19-10-9-17(12-20(19)25)26-13-22(30)28-18-8-6-7-16(11-18)21-14-32-15(2)27-21/h6-12,14,26H,5,13H2,1-4H3,(H,28,30)(H,29,31).